The van der Waals surface area contributed by atoms with Crippen LogP contribution >= 0.6 is 0 Å². The molecule has 1 aromatic heterocycles. The van der Waals surface area contributed by atoms with E-state index < -0.39 is 0 Å². The highest BCUT2D eigenvalue weighted by atomic mass is 16.5. The molecule has 2 aromatic rings. The van der Waals surface area contributed by atoms with Crippen LogP contribution in [-0.4, -0.2) is 46.0 Å². The SMILES string of the molecule is CCOC1CCN(c2nnnn2-c2ccccc2)CC1. The van der Waals surface area contributed by atoms with E-state index in [2.05, 4.69) is 20.4 Å². The zero-order valence-corrected chi connectivity index (χ0v) is 11.6. The Morgan fingerprint density at radius 3 is 2.65 bits per heavy atom. The summed E-state index contributed by atoms with van der Waals surface area (Å²) in [4.78, 5) is 2.22. The van der Waals surface area contributed by atoms with Crippen molar-refractivity contribution in [3.8, 4) is 5.69 Å². The second kappa shape index (κ2) is 6.00. The molecule has 0 atom stereocenters. The van der Waals surface area contributed by atoms with Crippen LogP contribution in [0.4, 0.5) is 5.95 Å². The summed E-state index contributed by atoms with van der Waals surface area (Å²) < 4.78 is 7.47. The third-order valence-corrected chi connectivity index (χ3v) is 3.58. The minimum atomic E-state index is 0.373. The Morgan fingerprint density at radius 2 is 1.95 bits per heavy atom. The predicted molar refractivity (Wildman–Crippen MR) is 76.0 cm³/mol. The Balaban J connectivity index is 1.75. The summed E-state index contributed by atoms with van der Waals surface area (Å²) in [5, 5.41) is 12.1. The van der Waals surface area contributed by atoms with Gasteiger partial charge in [-0.2, -0.15) is 4.68 Å². The summed E-state index contributed by atoms with van der Waals surface area (Å²) in [6, 6.07) is 9.98. The number of piperidine rings is 1. The lowest BCUT2D eigenvalue weighted by Crippen LogP contribution is -2.38. The highest BCUT2D eigenvalue weighted by Gasteiger charge is 2.23. The second-order valence-corrected chi connectivity index (χ2v) is 4.87. The van der Waals surface area contributed by atoms with E-state index in [0.717, 1.165) is 44.2 Å². The summed E-state index contributed by atoms with van der Waals surface area (Å²) in [7, 11) is 0. The number of nitrogens with zero attached hydrogens (tertiary/aromatic N) is 5. The van der Waals surface area contributed by atoms with E-state index in [-0.39, 0.29) is 0 Å². The Kier molecular flexibility index (Phi) is 3.92. The van der Waals surface area contributed by atoms with Crippen molar-refractivity contribution in [2.45, 2.75) is 25.9 Å². The molecule has 0 radical (unpaired) electrons. The summed E-state index contributed by atoms with van der Waals surface area (Å²) in [5.41, 5.74) is 0.986. The van der Waals surface area contributed by atoms with Crippen molar-refractivity contribution < 1.29 is 4.74 Å². The van der Waals surface area contributed by atoms with Gasteiger partial charge in [0.05, 0.1) is 11.8 Å². The van der Waals surface area contributed by atoms with Gasteiger partial charge in [-0.05, 0) is 42.3 Å². The molecule has 6 heteroatoms. The van der Waals surface area contributed by atoms with Crippen molar-refractivity contribution in [2.24, 2.45) is 0 Å². The fourth-order valence-corrected chi connectivity index (χ4v) is 2.57. The van der Waals surface area contributed by atoms with Crippen molar-refractivity contribution >= 4 is 5.95 Å². The van der Waals surface area contributed by atoms with Crippen LogP contribution in [0, 0.1) is 0 Å². The van der Waals surface area contributed by atoms with E-state index in [1.807, 2.05) is 37.3 Å². The van der Waals surface area contributed by atoms with Gasteiger partial charge in [-0.3, -0.25) is 0 Å². The molecule has 0 unspecified atom stereocenters. The summed E-state index contributed by atoms with van der Waals surface area (Å²) in [5.74, 6) is 0.811. The van der Waals surface area contributed by atoms with Gasteiger partial charge in [0, 0.05) is 19.7 Å². The van der Waals surface area contributed by atoms with Crippen LogP contribution in [0.1, 0.15) is 19.8 Å². The van der Waals surface area contributed by atoms with E-state index in [9.17, 15) is 0 Å². The van der Waals surface area contributed by atoms with E-state index in [4.69, 9.17) is 4.74 Å². The lowest BCUT2D eigenvalue weighted by atomic mass is 10.1. The minimum absolute atomic E-state index is 0.373. The number of tetrazole rings is 1. The zero-order chi connectivity index (χ0) is 13.8. The van der Waals surface area contributed by atoms with Crippen LogP contribution in [0.15, 0.2) is 30.3 Å². The molecule has 3 rings (SSSR count). The van der Waals surface area contributed by atoms with Crippen molar-refractivity contribution in [3.63, 3.8) is 0 Å². The average Bonchev–Trinajstić information content (AvgIpc) is 2.99. The number of benzene rings is 1. The molecule has 0 spiro atoms. The third-order valence-electron chi connectivity index (χ3n) is 3.58. The Hall–Kier alpha value is -1.95. The normalized spacial score (nSPS) is 16.6. The first-order valence-electron chi connectivity index (χ1n) is 7.09. The first-order valence-corrected chi connectivity index (χ1v) is 7.09. The molecule has 1 aromatic carbocycles. The molecule has 0 aliphatic carbocycles. The fraction of sp³-hybridized carbons (Fsp3) is 0.500. The minimum Gasteiger partial charge on any atom is -0.378 e. The number of ether oxygens (including phenoxy) is 1. The Bertz CT molecular complexity index is 534. The molecular formula is C14H19N5O. The Labute approximate surface area is 118 Å². The van der Waals surface area contributed by atoms with Crippen molar-refractivity contribution in [3.05, 3.63) is 30.3 Å². The van der Waals surface area contributed by atoms with Crippen molar-refractivity contribution in [2.75, 3.05) is 24.6 Å². The van der Waals surface area contributed by atoms with Crippen LogP contribution in [0.25, 0.3) is 5.69 Å². The molecule has 1 saturated heterocycles. The van der Waals surface area contributed by atoms with Crippen LogP contribution < -0.4 is 4.90 Å². The van der Waals surface area contributed by atoms with E-state index >= 15 is 0 Å². The molecule has 0 N–H and O–H groups in total. The van der Waals surface area contributed by atoms with Gasteiger partial charge < -0.3 is 9.64 Å². The quantitative estimate of drug-likeness (QED) is 0.848. The maximum Gasteiger partial charge on any atom is 0.250 e. The van der Waals surface area contributed by atoms with Gasteiger partial charge >= 0.3 is 0 Å². The van der Waals surface area contributed by atoms with Gasteiger partial charge in [0.2, 0.25) is 5.95 Å². The van der Waals surface area contributed by atoms with Crippen LogP contribution in [-0.2, 0) is 4.74 Å². The molecule has 0 bridgehead atoms. The van der Waals surface area contributed by atoms with Crippen molar-refractivity contribution in [1.29, 1.82) is 0 Å². The number of hydrogen-bond acceptors (Lipinski definition) is 5. The molecule has 1 aliphatic rings. The number of hydrogen-bond donors (Lipinski definition) is 0. The number of aromatic nitrogens is 4. The highest BCUT2D eigenvalue weighted by molar-refractivity contribution is 5.40. The number of anilines is 1. The van der Waals surface area contributed by atoms with Crippen LogP contribution in [0.2, 0.25) is 0 Å². The molecule has 0 saturated carbocycles. The van der Waals surface area contributed by atoms with Crippen LogP contribution in [0.3, 0.4) is 0 Å². The summed E-state index contributed by atoms with van der Waals surface area (Å²) >= 11 is 0. The molecule has 2 heterocycles. The maximum absolute atomic E-state index is 5.68. The molecule has 20 heavy (non-hydrogen) atoms. The van der Waals surface area contributed by atoms with Gasteiger partial charge in [-0.1, -0.05) is 23.3 Å². The van der Waals surface area contributed by atoms with Crippen molar-refractivity contribution in [1.82, 2.24) is 20.2 Å². The molecule has 1 aliphatic heterocycles. The molecule has 106 valence electrons. The Morgan fingerprint density at radius 1 is 1.20 bits per heavy atom. The smallest absolute Gasteiger partial charge is 0.250 e. The first kappa shape index (κ1) is 13.1. The van der Waals surface area contributed by atoms with Gasteiger partial charge in [-0.25, -0.2) is 0 Å². The summed E-state index contributed by atoms with van der Waals surface area (Å²) in [6.45, 7) is 4.69. The molecular weight excluding hydrogens is 254 g/mol. The lowest BCUT2D eigenvalue weighted by molar-refractivity contribution is 0.0457. The number of rotatable bonds is 4. The molecule has 0 amide bonds. The largest absolute Gasteiger partial charge is 0.378 e. The molecule has 6 nitrogen and oxygen atoms in total. The maximum atomic E-state index is 5.68. The fourth-order valence-electron chi connectivity index (χ4n) is 2.57. The van der Waals surface area contributed by atoms with Gasteiger partial charge in [0.25, 0.3) is 0 Å². The predicted octanol–water partition coefficient (Wildman–Crippen LogP) is 1.67. The van der Waals surface area contributed by atoms with E-state index in [1.54, 1.807) is 4.68 Å². The van der Waals surface area contributed by atoms with E-state index in [0.29, 0.717) is 6.10 Å². The number of para-hydroxylation sites is 1. The van der Waals surface area contributed by atoms with Crippen LogP contribution in [0.5, 0.6) is 0 Å². The van der Waals surface area contributed by atoms with Gasteiger partial charge in [0.15, 0.2) is 0 Å². The first-order chi connectivity index (χ1) is 9.88. The average molecular weight is 273 g/mol. The van der Waals surface area contributed by atoms with E-state index in [1.165, 1.54) is 0 Å². The highest BCUT2D eigenvalue weighted by Crippen LogP contribution is 2.21. The third kappa shape index (κ3) is 2.65. The monoisotopic (exact) mass is 273 g/mol. The lowest BCUT2D eigenvalue weighted by Gasteiger charge is -2.31. The zero-order valence-electron chi connectivity index (χ0n) is 11.6. The van der Waals surface area contributed by atoms with Gasteiger partial charge in [-0.15, -0.1) is 0 Å². The summed E-state index contributed by atoms with van der Waals surface area (Å²) in [6.07, 6.45) is 2.42. The molecule has 1 fully saturated rings. The topological polar surface area (TPSA) is 56.1 Å². The standard InChI is InChI=1S/C14H19N5O/c1-2-20-13-8-10-18(11-9-13)14-15-16-17-19(14)12-6-4-3-5-7-12/h3-7,13H,2,8-11H2,1H3. The second-order valence-electron chi connectivity index (χ2n) is 4.87. The van der Waals surface area contributed by atoms with Gasteiger partial charge in [0.1, 0.15) is 0 Å².